The molecule has 28 heavy (non-hydrogen) atoms. The van der Waals surface area contributed by atoms with Crippen LogP contribution in [0.25, 0.3) is 5.57 Å². The lowest BCUT2D eigenvalue weighted by Crippen LogP contribution is -2.37. The number of nitrogens with one attached hydrogen (secondary N) is 1. The van der Waals surface area contributed by atoms with Gasteiger partial charge in [-0.3, -0.25) is 0 Å². The molecular weight excluding hydrogens is 380 g/mol. The topological polar surface area (TPSA) is 60.0 Å². The van der Waals surface area contributed by atoms with Crippen molar-refractivity contribution in [2.45, 2.75) is 6.42 Å². The van der Waals surface area contributed by atoms with E-state index in [1.54, 1.807) is 44.4 Å². The molecule has 0 fully saturated rings. The molecule has 0 saturated carbocycles. The third-order valence-electron chi connectivity index (χ3n) is 4.61. The maximum Gasteiger partial charge on any atom is 0.322 e. The van der Waals surface area contributed by atoms with Gasteiger partial charge in [-0.25, -0.2) is 4.79 Å². The van der Waals surface area contributed by atoms with Crippen LogP contribution >= 0.6 is 11.6 Å². The molecule has 1 aliphatic heterocycles. The van der Waals surface area contributed by atoms with Crippen LogP contribution in [0.2, 0.25) is 5.02 Å². The van der Waals surface area contributed by atoms with Gasteiger partial charge in [0.25, 0.3) is 0 Å². The lowest BCUT2D eigenvalue weighted by molar-refractivity contribution is 0.217. The lowest BCUT2D eigenvalue weighted by Gasteiger charge is -2.28. The highest BCUT2D eigenvalue weighted by Crippen LogP contribution is 2.40. The molecule has 1 N–H and O–H groups in total. The standard InChI is InChI=1S/C21H23ClN2O4/c1-26-17-12-18(27-2)20(19(13-17)28-3)14-7-9-24(10-8-14)21(25)23-16-6-4-5-15(22)11-16/h4-7,11-13H,8-10H2,1-3H3,(H,23,25). The molecule has 0 bridgehead atoms. The number of amides is 2. The lowest BCUT2D eigenvalue weighted by atomic mass is 9.97. The summed E-state index contributed by atoms with van der Waals surface area (Å²) in [6.07, 6.45) is 2.70. The zero-order valence-electron chi connectivity index (χ0n) is 16.1. The van der Waals surface area contributed by atoms with Gasteiger partial charge in [0, 0.05) is 35.9 Å². The number of carbonyl (C=O) groups excluding carboxylic acids is 1. The molecule has 7 heteroatoms. The van der Waals surface area contributed by atoms with Crippen molar-refractivity contribution in [1.29, 1.82) is 0 Å². The molecule has 2 amide bonds. The summed E-state index contributed by atoms with van der Waals surface area (Å²) in [6.45, 7) is 1.07. The van der Waals surface area contributed by atoms with E-state index in [0.717, 1.165) is 11.1 Å². The second kappa shape index (κ2) is 8.89. The van der Waals surface area contributed by atoms with Crippen LogP contribution in [-0.2, 0) is 0 Å². The third-order valence-corrected chi connectivity index (χ3v) is 4.84. The molecule has 0 aliphatic carbocycles. The van der Waals surface area contributed by atoms with Crippen molar-refractivity contribution in [2.24, 2.45) is 0 Å². The molecule has 1 aliphatic rings. The minimum Gasteiger partial charge on any atom is -0.496 e. The second-order valence-corrected chi connectivity index (χ2v) is 6.71. The predicted molar refractivity (Wildman–Crippen MR) is 111 cm³/mol. The van der Waals surface area contributed by atoms with Crippen molar-refractivity contribution < 1.29 is 19.0 Å². The highest BCUT2D eigenvalue weighted by molar-refractivity contribution is 6.30. The normalized spacial score (nSPS) is 13.6. The number of hydrogen-bond donors (Lipinski definition) is 1. The van der Waals surface area contributed by atoms with Crippen LogP contribution in [0.15, 0.2) is 42.5 Å². The molecule has 148 valence electrons. The average Bonchev–Trinajstić information content (AvgIpc) is 2.72. The van der Waals surface area contributed by atoms with E-state index in [9.17, 15) is 4.79 Å². The molecule has 0 aromatic heterocycles. The van der Waals surface area contributed by atoms with E-state index in [-0.39, 0.29) is 6.03 Å². The maximum atomic E-state index is 12.5. The van der Waals surface area contributed by atoms with Crippen LogP contribution in [0.5, 0.6) is 17.2 Å². The number of nitrogens with zero attached hydrogens (tertiary/aromatic N) is 1. The minimum atomic E-state index is -0.161. The summed E-state index contributed by atoms with van der Waals surface area (Å²) in [7, 11) is 4.84. The first-order chi connectivity index (χ1) is 13.5. The summed E-state index contributed by atoms with van der Waals surface area (Å²) in [5.74, 6) is 2.02. The number of benzene rings is 2. The number of carbonyl (C=O) groups is 1. The molecule has 2 aromatic carbocycles. The van der Waals surface area contributed by atoms with Gasteiger partial charge in [-0.05, 0) is 30.2 Å². The largest absolute Gasteiger partial charge is 0.496 e. The Bertz CT molecular complexity index is 873. The van der Waals surface area contributed by atoms with E-state index in [0.29, 0.717) is 47.5 Å². The van der Waals surface area contributed by atoms with Crippen LogP contribution in [0, 0.1) is 0 Å². The van der Waals surface area contributed by atoms with Crippen molar-refractivity contribution in [1.82, 2.24) is 4.90 Å². The van der Waals surface area contributed by atoms with Crippen LogP contribution in [0.1, 0.15) is 12.0 Å². The molecule has 0 radical (unpaired) electrons. The monoisotopic (exact) mass is 402 g/mol. The quantitative estimate of drug-likeness (QED) is 0.788. The van der Waals surface area contributed by atoms with Crippen molar-refractivity contribution in [3.63, 3.8) is 0 Å². The number of anilines is 1. The van der Waals surface area contributed by atoms with Gasteiger partial charge >= 0.3 is 6.03 Å². The Labute approximate surface area is 169 Å². The van der Waals surface area contributed by atoms with Gasteiger partial charge in [-0.15, -0.1) is 0 Å². The molecule has 6 nitrogen and oxygen atoms in total. The van der Waals surface area contributed by atoms with E-state index in [1.165, 1.54) is 0 Å². The molecule has 2 aromatic rings. The van der Waals surface area contributed by atoms with Crippen LogP contribution in [0.3, 0.4) is 0 Å². The van der Waals surface area contributed by atoms with Gasteiger partial charge in [-0.1, -0.05) is 23.7 Å². The summed E-state index contributed by atoms with van der Waals surface area (Å²) in [5.41, 5.74) is 2.63. The Morgan fingerprint density at radius 1 is 1.07 bits per heavy atom. The van der Waals surface area contributed by atoms with Crippen molar-refractivity contribution in [2.75, 3.05) is 39.7 Å². The summed E-state index contributed by atoms with van der Waals surface area (Å²) in [4.78, 5) is 14.3. The van der Waals surface area contributed by atoms with Crippen molar-refractivity contribution >= 4 is 28.9 Å². The first-order valence-corrected chi connectivity index (χ1v) is 9.24. The highest BCUT2D eigenvalue weighted by atomic mass is 35.5. The Morgan fingerprint density at radius 2 is 1.79 bits per heavy atom. The highest BCUT2D eigenvalue weighted by Gasteiger charge is 2.23. The molecule has 0 atom stereocenters. The number of hydrogen-bond acceptors (Lipinski definition) is 4. The molecule has 3 rings (SSSR count). The number of methoxy groups -OCH3 is 3. The number of rotatable bonds is 5. The van der Waals surface area contributed by atoms with Gasteiger partial charge in [-0.2, -0.15) is 0 Å². The van der Waals surface area contributed by atoms with Gasteiger partial charge in [0.15, 0.2) is 0 Å². The van der Waals surface area contributed by atoms with E-state index >= 15 is 0 Å². The van der Waals surface area contributed by atoms with Gasteiger partial charge in [0.1, 0.15) is 17.2 Å². The summed E-state index contributed by atoms with van der Waals surface area (Å²) >= 11 is 5.97. The fourth-order valence-corrected chi connectivity index (χ4v) is 3.36. The zero-order chi connectivity index (χ0) is 20.1. The first kappa shape index (κ1) is 19.9. The van der Waals surface area contributed by atoms with Gasteiger partial charge in [0.2, 0.25) is 0 Å². The third kappa shape index (κ3) is 4.34. The maximum absolute atomic E-state index is 12.5. The van der Waals surface area contributed by atoms with Crippen LogP contribution < -0.4 is 19.5 Å². The van der Waals surface area contributed by atoms with Gasteiger partial charge in [0.05, 0.1) is 26.9 Å². The molecule has 0 spiro atoms. The Morgan fingerprint density at radius 3 is 2.32 bits per heavy atom. The van der Waals surface area contributed by atoms with Crippen LogP contribution in [-0.4, -0.2) is 45.3 Å². The predicted octanol–water partition coefficient (Wildman–Crippen LogP) is 4.69. The number of ether oxygens (including phenoxy) is 3. The first-order valence-electron chi connectivity index (χ1n) is 8.86. The fourth-order valence-electron chi connectivity index (χ4n) is 3.17. The fraction of sp³-hybridized carbons (Fsp3) is 0.286. The van der Waals surface area contributed by atoms with E-state index in [2.05, 4.69) is 5.32 Å². The number of urea groups is 1. The molecule has 0 saturated heterocycles. The molecule has 1 heterocycles. The zero-order valence-corrected chi connectivity index (χ0v) is 16.9. The van der Waals surface area contributed by atoms with E-state index in [4.69, 9.17) is 25.8 Å². The Hall–Kier alpha value is -2.86. The SMILES string of the molecule is COc1cc(OC)c(C2=CCN(C(=O)Nc3cccc(Cl)c3)CC2)c(OC)c1. The summed E-state index contributed by atoms with van der Waals surface area (Å²) in [5, 5.41) is 3.46. The van der Waals surface area contributed by atoms with Crippen molar-refractivity contribution in [3.05, 3.63) is 53.1 Å². The summed E-state index contributed by atoms with van der Waals surface area (Å²) in [6, 6.07) is 10.6. The average molecular weight is 403 g/mol. The Kier molecular flexibility index (Phi) is 6.31. The second-order valence-electron chi connectivity index (χ2n) is 6.27. The van der Waals surface area contributed by atoms with E-state index < -0.39 is 0 Å². The Balaban J connectivity index is 1.77. The molecular formula is C21H23ClN2O4. The van der Waals surface area contributed by atoms with Crippen molar-refractivity contribution in [3.8, 4) is 17.2 Å². The minimum absolute atomic E-state index is 0.161. The van der Waals surface area contributed by atoms with E-state index in [1.807, 2.05) is 24.3 Å². The number of halogens is 1. The summed E-state index contributed by atoms with van der Waals surface area (Å²) < 4.78 is 16.4. The smallest absolute Gasteiger partial charge is 0.322 e. The van der Waals surface area contributed by atoms with Gasteiger partial charge < -0.3 is 24.4 Å². The van der Waals surface area contributed by atoms with Crippen LogP contribution in [0.4, 0.5) is 10.5 Å². The molecule has 0 unspecified atom stereocenters.